The van der Waals surface area contributed by atoms with Crippen molar-refractivity contribution in [3.05, 3.63) is 24.3 Å². The van der Waals surface area contributed by atoms with E-state index >= 15 is 0 Å². The van der Waals surface area contributed by atoms with E-state index in [4.69, 9.17) is 10.5 Å². The van der Waals surface area contributed by atoms with Crippen molar-refractivity contribution in [2.75, 3.05) is 25.6 Å². The minimum atomic E-state index is 0.523. The first kappa shape index (κ1) is 12.4. The zero-order valence-electron chi connectivity index (χ0n) is 10.1. The van der Waals surface area contributed by atoms with Gasteiger partial charge in [-0.2, -0.15) is 0 Å². The Kier molecular flexibility index (Phi) is 4.64. The second-order valence-electron chi connectivity index (χ2n) is 3.50. The van der Waals surface area contributed by atoms with Crippen molar-refractivity contribution >= 4 is 11.6 Å². The Hall–Kier alpha value is -1.71. The van der Waals surface area contributed by atoms with Crippen LogP contribution in [0.4, 0.5) is 5.69 Å². The van der Waals surface area contributed by atoms with Gasteiger partial charge in [-0.3, -0.25) is 4.99 Å². The number of hydrogen-bond donors (Lipinski definition) is 1. The molecule has 0 heterocycles. The van der Waals surface area contributed by atoms with E-state index in [0.29, 0.717) is 5.96 Å². The molecule has 1 aromatic carbocycles. The Balaban J connectivity index is 2.82. The number of aliphatic imine (C=N–C) groups is 1. The zero-order chi connectivity index (χ0) is 12.0. The minimum Gasteiger partial charge on any atom is -0.497 e. The van der Waals surface area contributed by atoms with Crippen molar-refractivity contribution in [1.29, 1.82) is 0 Å². The van der Waals surface area contributed by atoms with Crippen LogP contribution < -0.4 is 15.4 Å². The van der Waals surface area contributed by atoms with Gasteiger partial charge in [0.05, 0.1) is 7.11 Å². The topological polar surface area (TPSA) is 50.8 Å². The van der Waals surface area contributed by atoms with E-state index in [1.165, 1.54) is 0 Å². The van der Waals surface area contributed by atoms with Crippen molar-refractivity contribution in [3.63, 3.8) is 0 Å². The molecule has 0 bridgehead atoms. The van der Waals surface area contributed by atoms with Crippen LogP contribution in [0, 0.1) is 0 Å². The quantitative estimate of drug-likeness (QED) is 0.623. The zero-order valence-corrected chi connectivity index (χ0v) is 10.1. The van der Waals surface area contributed by atoms with Crippen LogP contribution in [-0.4, -0.2) is 26.7 Å². The van der Waals surface area contributed by atoms with Gasteiger partial charge in [-0.15, -0.1) is 0 Å². The number of nitrogens with two attached hydrogens (primary N) is 1. The first-order valence-electron chi connectivity index (χ1n) is 5.36. The summed E-state index contributed by atoms with van der Waals surface area (Å²) in [5.41, 5.74) is 6.83. The number of guanidine groups is 1. The molecule has 0 saturated carbocycles. The lowest BCUT2D eigenvalue weighted by Crippen LogP contribution is -2.34. The van der Waals surface area contributed by atoms with Crippen LogP contribution in [0.2, 0.25) is 0 Å². The Bertz CT molecular complexity index is 363. The highest BCUT2D eigenvalue weighted by Crippen LogP contribution is 2.19. The van der Waals surface area contributed by atoms with Crippen LogP contribution in [0.3, 0.4) is 0 Å². The molecule has 0 aliphatic heterocycles. The minimum absolute atomic E-state index is 0.523. The second kappa shape index (κ2) is 6.00. The maximum absolute atomic E-state index is 5.86. The summed E-state index contributed by atoms with van der Waals surface area (Å²) in [4.78, 5) is 6.10. The SMILES string of the molecule is CCCN=C(N)N(C)c1cccc(OC)c1. The van der Waals surface area contributed by atoms with Crippen molar-refractivity contribution in [2.24, 2.45) is 10.7 Å². The van der Waals surface area contributed by atoms with E-state index in [1.807, 2.05) is 36.2 Å². The van der Waals surface area contributed by atoms with Crippen molar-refractivity contribution in [1.82, 2.24) is 0 Å². The van der Waals surface area contributed by atoms with Crippen molar-refractivity contribution in [2.45, 2.75) is 13.3 Å². The molecule has 4 heteroatoms. The lowest BCUT2D eigenvalue weighted by Gasteiger charge is -2.18. The molecule has 0 amide bonds. The third-order valence-electron chi connectivity index (χ3n) is 2.28. The molecular weight excluding hydrogens is 202 g/mol. The molecule has 0 atom stereocenters. The fourth-order valence-electron chi connectivity index (χ4n) is 1.28. The summed E-state index contributed by atoms with van der Waals surface area (Å²) in [7, 11) is 3.54. The molecule has 1 aromatic rings. The van der Waals surface area contributed by atoms with E-state index in [2.05, 4.69) is 11.9 Å². The normalized spacial score (nSPS) is 11.3. The van der Waals surface area contributed by atoms with E-state index < -0.39 is 0 Å². The van der Waals surface area contributed by atoms with Crippen LogP contribution >= 0.6 is 0 Å². The highest BCUT2D eigenvalue weighted by atomic mass is 16.5. The number of methoxy groups -OCH3 is 1. The second-order valence-corrected chi connectivity index (χ2v) is 3.50. The van der Waals surface area contributed by atoms with E-state index in [0.717, 1.165) is 24.4 Å². The highest BCUT2D eigenvalue weighted by Gasteiger charge is 2.05. The summed E-state index contributed by atoms with van der Waals surface area (Å²) in [5, 5.41) is 0. The molecule has 0 spiro atoms. The fourth-order valence-corrected chi connectivity index (χ4v) is 1.28. The van der Waals surface area contributed by atoms with Gasteiger partial charge < -0.3 is 15.4 Å². The Morgan fingerprint density at radius 3 is 2.88 bits per heavy atom. The van der Waals surface area contributed by atoms with Crippen molar-refractivity contribution < 1.29 is 4.74 Å². The summed E-state index contributed by atoms with van der Waals surface area (Å²) < 4.78 is 5.16. The predicted octanol–water partition coefficient (Wildman–Crippen LogP) is 1.86. The number of rotatable bonds is 4. The number of benzene rings is 1. The average molecular weight is 221 g/mol. The molecule has 4 nitrogen and oxygen atoms in total. The highest BCUT2D eigenvalue weighted by molar-refractivity contribution is 5.94. The third-order valence-corrected chi connectivity index (χ3v) is 2.28. The van der Waals surface area contributed by atoms with Crippen molar-refractivity contribution in [3.8, 4) is 5.75 Å². The van der Waals surface area contributed by atoms with E-state index in [-0.39, 0.29) is 0 Å². The molecule has 16 heavy (non-hydrogen) atoms. The molecule has 1 rings (SSSR count). The maximum atomic E-state index is 5.86. The first-order chi connectivity index (χ1) is 7.69. The molecule has 0 unspecified atom stereocenters. The molecule has 0 radical (unpaired) electrons. The first-order valence-corrected chi connectivity index (χ1v) is 5.36. The molecule has 0 aliphatic carbocycles. The van der Waals surface area contributed by atoms with Gasteiger partial charge in [0.25, 0.3) is 0 Å². The summed E-state index contributed by atoms with van der Waals surface area (Å²) >= 11 is 0. The molecule has 0 aliphatic rings. The van der Waals surface area contributed by atoms with Crippen LogP contribution in [0.5, 0.6) is 5.75 Å². The van der Waals surface area contributed by atoms with E-state index in [1.54, 1.807) is 7.11 Å². The molecule has 88 valence electrons. The Morgan fingerprint density at radius 2 is 2.25 bits per heavy atom. The Labute approximate surface area is 96.7 Å². The summed E-state index contributed by atoms with van der Waals surface area (Å²) in [6.07, 6.45) is 0.993. The molecule has 2 N–H and O–H groups in total. The maximum Gasteiger partial charge on any atom is 0.195 e. The number of hydrogen-bond acceptors (Lipinski definition) is 2. The fraction of sp³-hybridized carbons (Fsp3) is 0.417. The largest absolute Gasteiger partial charge is 0.497 e. The predicted molar refractivity (Wildman–Crippen MR) is 68.2 cm³/mol. The lowest BCUT2D eigenvalue weighted by atomic mass is 10.3. The Morgan fingerprint density at radius 1 is 1.50 bits per heavy atom. The van der Waals surface area contributed by atoms with Gasteiger partial charge >= 0.3 is 0 Å². The summed E-state index contributed by atoms with van der Waals surface area (Å²) in [6, 6.07) is 7.72. The lowest BCUT2D eigenvalue weighted by molar-refractivity contribution is 0.415. The van der Waals surface area contributed by atoms with Crippen LogP contribution in [0.25, 0.3) is 0 Å². The molecule has 0 saturated heterocycles. The van der Waals surface area contributed by atoms with Gasteiger partial charge in [-0.25, -0.2) is 0 Å². The van der Waals surface area contributed by atoms with Gasteiger partial charge in [-0.05, 0) is 18.6 Å². The number of anilines is 1. The van der Waals surface area contributed by atoms with Crippen LogP contribution in [0.15, 0.2) is 29.3 Å². The average Bonchev–Trinajstić information content (AvgIpc) is 2.35. The van der Waals surface area contributed by atoms with Gasteiger partial charge in [0.1, 0.15) is 5.75 Å². The standard InChI is InChI=1S/C12H19N3O/c1-4-8-14-12(13)15(2)10-6-5-7-11(9-10)16-3/h5-7,9H,4,8H2,1-3H3,(H2,13,14). The molecule has 0 fully saturated rings. The van der Waals surface area contributed by atoms with Gasteiger partial charge in [0.2, 0.25) is 0 Å². The van der Waals surface area contributed by atoms with Crippen LogP contribution in [-0.2, 0) is 0 Å². The molecule has 0 aromatic heterocycles. The molecular formula is C12H19N3O. The van der Waals surface area contributed by atoms with Gasteiger partial charge in [-0.1, -0.05) is 13.0 Å². The number of ether oxygens (including phenoxy) is 1. The summed E-state index contributed by atoms with van der Waals surface area (Å²) in [6.45, 7) is 2.82. The smallest absolute Gasteiger partial charge is 0.195 e. The monoisotopic (exact) mass is 221 g/mol. The van der Waals surface area contributed by atoms with Gasteiger partial charge in [0, 0.05) is 25.3 Å². The third kappa shape index (κ3) is 3.15. The van der Waals surface area contributed by atoms with Crippen LogP contribution in [0.1, 0.15) is 13.3 Å². The number of nitrogens with zero attached hydrogens (tertiary/aromatic N) is 2. The summed E-state index contributed by atoms with van der Waals surface area (Å²) in [5.74, 6) is 1.34. The van der Waals surface area contributed by atoms with Gasteiger partial charge in [0.15, 0.2) is 5.96 Å². The van der Waals surface area contributed by atoms with E-state index in [9.17, 15) is 0 Å².